The third-order valence-electron chi connectivity index (χ3n) is 4.38. The predicted molar refractivity (Wildman–Crippen MR) is 99.0 cm³/mol. The van der Waals surface area contributed by atoms with E-state index < -0.39 is 10.0 Å². The average molecular weight is 395 g/mol. The molecular weight excluding hydrogens is 376 g/mol. The highest BCUT2D eigenvalue weighted by atomic mass is 35.5. The summed E-state index contributed by atoms with van der Waals surface area (Å²) in [6, 6.07) is 11.0. The van der Waals surface area contributed by atoms with E-state index in [1.54, 1.807) is 29.2 Å². The fourth-order valence-corrected chi connectivity index (χ4v) is 4.42. The highest BCUT2D eigenvalue weighted by molar-refractivity contribution is 7.89. The van der Waals surface area contributed by atoms with Crippen molar-refractivity contribution in [3.05, 3.63) is 58.6 Å². The smallest absolute Gasteiger partial charge is 0.253 e. The Balaban J connectivity index is 1.69. The zero-order valence-corrected chi connectivity index (χ0v) is 15.8. The zero-order chi connectivity index (χ0) is 18.9. The minimum absolute atomic E-state index is 0.0859. The van der Waals surface area contributed by atoms with Crippen molar-refractivity contribution in [3.8, 4) is 5.75 Å². The molecule has 1 aliphatic heterocycles. The third kappa shape index (κ3) is 3.70. The molecule has 0 radical (unpaired) electrons. The first-order valence-corrected chi connectivity index (χ1v) is 9.95. The van der Waals surface area contributed by atoms with Gasteiger partial charge in [-0.3, -0.25) is 4.79 Å². The Morgan fingerprint density at radius 1 is 1.04 bits per heavy atom. The topological polar surface area (TPSA) is 77.9 Å². The van der Waals surface area contributed by atoms with Crippen molar-refractivity contribution in [1.82, 2.24) is 9.21 Å². The molecule has 0 saturated carbocycles. The summed E-state index contributed by atoms with van der Waals surface area (Å²) in [5, 5.41) is 9.56. The van der Waals surface area contributed by atoms with Crippen molar-refractivity contribution >= 4 is 27.5 Å². The number of phenols is 1. The molecule has 1 aliphatic rings. The number of sulfonamides is 1. The number of hydrogen-bond donors (Lipinski definition) is 1. The number of phenolic OH excluding ortho intramolecular Hbond substituents is 1. The van der Waals surface area contributed by atoms with E-state index in [1.165, 1.54) is 22.5 Å². The van der Waals surface area contributed by atoms with E-state index in [0.29, 0.717) is 18.7 Å². The maximum atomic E-state index is 12.7. The minimum Gasteiger partial charge on any atom is -0.506 e. The van der Waals surface area contributed by atoms with Crippen molar-refractivity contribution < 1.29 is 18.3 Å². The molecule has 1 fully saturated rings. The fraction of sp³-hybridized carbons (Fsp3) is 0.278. The van der Waals surface area contributed by atoms with Crippen LogP contribution >= 0.6 is 11.6 Å². The van der Waals surface area contributed by atoms with Crippen molar-refractivity contribution in [2.75, 3.05) is 26.2 Å². The first kappa shape index (κ1) is 18.7. The predicted octanol–water partition coefficient (Wildman–Crippen LogP) is 2.50. The van der Waals surface area contributed by atoms with Crippen LogP contribution in [-0.2, 0) is 10.0 Å². The van der Waals surface area contributed by atoms with Gasteiger partial charge in [0.05, 0.1) is 9.92 Å². The van der Waals surface area contributed by atoms with E-state index in [0.717, 1.165) is 5.56 Å². The van der Waals surface area contributed by atoms with Crippen LogP contribution in [0.3, 0.4) is 0 Å². The number of nitrogens with zero attached hydrogens (tertiary/aromatic N) is 2. The quantitative estimate of drug-likeness (QED) is 0.867. The summed E-state index contributed by atoms with van der Waals surface area (Å²) in [6.07, 6.45) is 0. The molecular formula is C18H19ClN2O4S. The number of aryl methyl sites for hydroxylation is 1. The number of rotatable bonds is 3. The summed E-state index contributed by atoms with van der Waals surface area (Å²) in [5.74, 6) is -0.323. The van der Waals surface area contributed by atoms with Crippen LogP contribution in [0.2, 0.25) is 5.02 Å². The van der Waals surface area contributed by atoms with Crippen molar-refractivity contribution in [3.63, 3.8) is 0 Å². The second-order valence-electron chi connectivity index (χ2n) is 6.18. The molecule has 3 rings (SSSR count). The van der Waals surface area contributed by atoms with Crippen LogP contribution in [0.5, 0.6) is 5.75 Å². The standard InChI is InChI=1S/C18H19ClN2O4S/c1-13-2-5-15(6-3-13)26(24,25)21-10-8-20(9-11-21)18(23)14-4-7-17(22)16(19)12-14/h2-7,12,22H,8-11H2,1H3. The Morgan fingerprint density at radius 3 is 2.23 bits per heavy atom. The Kier molecular flexibility index (Phi) is 5.22. The molecule has 1 amide bonds. The van der Waals surface area contributed by atoms with Gasteiger partial charge in [0.15, 0.2) is 0 Å². The highest BCUT2D eigenvalue weighted by Gasteiger charge is 2.30. The maximum Gasteiger partial charge on any atom is 0.253 e. The van der Waals surface area contributed by atoms with E-state index in [-0.39, 0.29) is 34.7 Å². The number of benzene rings is 2. The average Bonchev–Trinajstić information content (AvgIpc) is 2.64. The summed E-state index contributed by atoms with van der Waals surface area (Å²) < 4.78 is 26.8. The summed E-state index contributed by atoms with van der Waals surface area (Å²) in [4.78, 5) is 14.4. The van der Waals surface area contributed by atoms with Crippen LogP contribution in [0, 0.1) is 6.92 Å². The Hall–Kier alpha value is -2.09. The van der Waals surface area contributed by atoms with Crippen LogP contribution in [0.1, 0.15) is 15.9 Å². The lowest BCUT2D eigenvalue weighted by atomic mass is 10.2. The molecule has 0 atom stereocenters. The molecule has 0 spiro atoms. The van der Waals surface area contributed by atoms with Crippen molar-refractivity contribution in [2.24, 2.45) is 0 Å². The van der Waals surface area contributed by atoms with E-state index in [1.807, 2.05) is 6.92 Å². The monoisotopic (exact) mass is 394 g/mol. The number of aromatic hydroxyl groups is 1. The Morgan fingerprint density at radius 2 is 1.65 bits per heavy atom. The molecule has 2 aromatic carbocycles. The molecule has 2 aromatic rings. The summed E-state index contributed by atoms with van der Waals surface area (Å²) in [5.41, 5.74) is 1.36. The third-order valence-corrected chi connectivity index (χ3v) is 6.59. The molecule has 1 heterocycles. The van der Waals surface area contributed by atoms with Crippen LogP contribution < -0.4 is 0 Å². The van der Waals surface area contributed by atoms with Crippen LogP contribution in [0.15, 0.2) is 47.4 Å². The van der Waals surface area contributed by atoms with Gasteiger partial charge in [-0.05, 0) is 37.3 Å². The van der Waals surface area contributed by atoms with E-state index in [9.17, 15) is 18.3 Å². The number of carbonyl (C=O) groups excluding carboxylic acids is 1. The molecule has 1 saturated heterocycles. The summed E-state index contributed by atoms with van der Waals surface area (Å²) >= 11 is 5.85. The molecule has 1 N–H and O–H groups in total. The number of piperazine rings is 1. The largest absolute Gasteiger partial charge is 0.506 e. The fourth-order valence-electron chi connectivity index (χ4n) is 2.81. The van der Waals surface area contributed by atoms with E-state index in [4.69, 9.17) is 11.6 Å². The number of hydrogen-bond acceptors (Lipinski definition) is 4. The lowest BCUT2D eigenvalue weighted by Gasteiger charge is -2.34. The van der Waals surface area contributed by atoms with Gasteiger partial charge in [0.2, 0.25) is 10.0 Å². The lowest BCUT2D eigenvalue weighted by Crippen LogP contribution is -2.50. The molecule has 26 heavy (non-hydrogen) atoms. The summed E-state index contributed by atoms with van der Waals surface area (Å²) in [7, 11) is -3.56. The Labute approximate surface area is 157 Å². The van der Waals surface area contributed by atoms with E-state index >= 15 is 0 Å². The molecule has 8 heteroatoms. The summed E-state index contributed by atoms with van der Waals surface area (Å²) in [6.45, 7) is 2.95. The number of carbonyl (C=O) groups is 1. The van der Waals surface area contributed by atoms with Gasteiger partial charge in [-0.1, -0.05) is 29.3 Å². The van der Waals surface area contributed by atoms with Gasteiger partial charge < -0.3 is 10.0 Å². The van der Waals surface area contributed by atoms with Crippen LogP contribution in [-0.4, -0.2) is 54.8 Å². The highest BCUT2D eigenvalue weighted by Crippen LogP contribution is 2.25. The van der Waals surface area contributed by atoms with Gasteiger partial charge in [0, 0.05) is 31.7 Å². The molecule has 0 unspecified atom stereocenters. The molecule has 0 aliphatic carbocycles. The zero-order valence-electron chi connectivity index (χ0n) is 14.2. The van der Waals surface area contributed by atoms with Crippen LogP contribution in [0.4, 0.5) is 0 Å². The molecule has 138 valence electrons. The number of amides is 1. The minimum atomic E-state index is -3.56. The second-order valence-corrected chi connectivity index (χ2v) is 8.52. The lowest BCUT2D eigenvalue weighted by molar-refractivity contribution is 0.0698. The molecule has 0 bridgehead atoms. The van der Waals surface area contributed by atoms with Gasteiger partial charge in [0.25, 0.3) is 5.91 Å². The van der Waals surface area contributed by atoms with Gasteiger partial charge >= 0.3 is 0 Å². The number of halogens is 1. The van der Waals surface area contributed by atoms with Gasteiger partial charge in [-0.15, -0.1) is 0 Å². The Bertz CT molecular complexity index is 921. The first-order valence-electron chi connectivity index (χ1n) is 8.13. The first-order chi connectivity index (χ1) is 12.3. The van der Waals surface area contributed by atoms with Crippen molar-refractivity contribution in [2.45, 2.75) is 11.8 Å². The van der Waals surface area contributed by atoms with E-state index in [2.05, 4.69) is 0 Å². The van der Waals surface area contributed by atoms with Gasteiger partial charge in [-0.25, -0.2) is 8.42 Å². The van der Waals surface area contributed by atoms with Gasteiger partial charge in [0.1, 0.15) is 5.75 Å². The molecule has 0 aromatic heterocycles. The SMILES string of the molecule is Cc1ccc(S(=O)(=O)N2CCN(C(=O)c3ccc(O)c(Cl)c3)CC2)cc1. The van der Waals surface area contributed by atoms with Crippen molar-refractivity contribution in [1.29, 1.82) is 0 Å². The normalized spacial score (nSPS) is 15.8. The maximum absolute atomic E-state index is 12.7. The van der Waals surface area contributed by atoms with Gasteiger partial charge in [-0.2, -0.15) is 4.31 Å². The van der Waals surface area contributed by atoms with Crippen LogP contribution in [0.25, 0.3) is 0 Å². The molecule has 6 nitrogen and oxygen atoms in total. The second kappa shape index (κ2) is 7.26.